The molecule has 1 aliphatic heterocycles. The molecule has 18 heavy (non-hydrogen) atoms. The molecule has 0 aliphatic carbocycles. The fourth-order valence-electron chi connectivity index (χ4n) is 2.40. The Morgan fingerprint density at radius 1 is 1.39 bits per heavy atom. The molecule has 1 aromatic carbocycles. The normalized spacial score (nSPS) is 19.0. The van der Waals surface area contributed by atoms with Crippen molar-refractivity contribution in [1.29, 1.82) is 0 Å². The highest BCUT2D eigenvalue weighted by atomic mass is 19.1. The zero-order valence-corrected chi connectivity index (χ0v) is 11.0. The standard InChI is InChI=1S/C14H21FN2O/c1-10(16)11-3-4-14(13(15)9-11)17-7-5-12(18-2)6-8-17/h3-4,9-10,12H,5-8,16H2,1-2H3. The third kappa shape index (κ3) is 2.82. The van der Waals surface area contributed by atoms with Gasteiger partial charge < -0.3 is 15.4 Å². The Kier molecular flexibility index (Phi) is 4.19. The van der Waals surface area contributed by atoms with Crippen LogP contribution in [0.25, 0.3) is 0 Å². The summed E-state index contributed by atoms with van der Waals surface area (Å²) < 4.78 is 19.4. The molecule has 0 radical (unpaired) electrons. The predicted octanol–water partition coefficient (Wildman–Crippen LogP) is 2.46. The van der Waals surface area contributed by atoms with Gasteiger partial charge in [0, 0.05) is 26.2 Å². The van der Waals surface area contributed by atoms with Crippen LogP contribution < -0.4 is 10.6 Å². The van der Waals surface area contributed by atoms with Crippen molar-refractivity contribution in [2.45, 2.75) is 31.9 Å². The van der Waals surface area contributed by atoms with Crippen LogP contribution in [0.3, 0.4) is 0 Å². The van der Waals surface area contributed by atoms with Crippen molar-refractivity contribution < 1.29 is 9.13 Å². The van der Waals surface area contributed by atoms with Gasteiger partial charge >= 0.3 is 0 Å². The van der Waals surface area contributed by atoms with Crippen molar-refractivity contribution >= 4 is 5.69 Å². The molecule has 0 saturated carbocycles. The van der Waals surface area contributed by atoms with Crippen LogP contribution in [0.15, 0.2) is 18.2 Å². The number of halogens is 1. The van der Waals surface area contributed by atoms with Crippen LogP contribution in [0.1, 0.15) is 31.4 Å². The Balaban J connectivity index is 2.10. The fraction of sp³-hybridized carbons (Fsp3) is 0.571. The Bertz CT molecular complexity index is 401. The van der Waals surface area contributed by atoms with Gasteiger partial charge in [0.1, 0.15) is 5.82 Å². The maximum atomic E-state index is 14.0. The van der Waals surface area contributed by atoms with Crippen molar-refractivity contribution in [3.63, 3.8) is 0 Å². The molecule has 100 valence electrons. The lowest BCUT2D eigenvalue weighted by molar-refractivity contribution is 0.0818. The second-order valence-electron chi connectivity index (χ2n) is 4.92. The highest BCUT2D eigenvalue weighted by Crippen LogP contribution is 2.26. The van der Waals surface area contributed by atoms with Gasteiger partial charge in [0.15, 0.2) is 0 Å². The van der Waals surface area contributed by atoms with Gasteiger partial charge in [0.25, 0.3) is 0 Å². The Labute approximate surface area is 108 Å². The lowest BCUT2D eigenvalue weighted by atomic mass is 10.0. The summed E-state index contributed by atoms with van der Waals surface area (Å²) >= 11 is 0. The molecule has 0 aromatic heterocycles. The van der Waals surface area contributed by atoms with Crippen LogP contribution in [0.5, 0.6) is 0 Å². The van der Waals surface area contributed by atoms with E-state index in [1.165, 1.54) is 0 Å². The molecular formula is C14H21FN2O. The van der Waals surface area contributed by atoms with E-state index in [-0.39, 0.29) is 11.9 Å². The van der Waals surface area contributed by atoms with E-state index in [9.17, 15) is 4.39 Å². The quantitative estimate of drug-likeness (QED) is 0.898. The van der Waals surface area contributed by atoms with Gasteiger partial charge in [-0.1, -0.05) is 6.07 Å². The van der Waals surface area contributed by atoms with E-state index in [4.69, 9.17) is 10.5 Å². The second-order valence-corrected chi connectivity index (χ2v) is 4.92. The molecule has 1 fully saturated rings. The second kappa shape index (κ2) is 5.67. The Hall–Kier alpha value is -1.13. The van der Waals surface area contributed by atoms with Crippen LogP contribution in [-0.4, -0.2) is 26.3 Å². The van der Waals surface area contributed by atoms with Gasteiger partial charge in [0.2, 0.25) is 0 Å². The number of benzene rings is 1. The molecular weight excluding hydrogens is 231 g/mol. The van der Waals surface area contributed by atoms with Crippen molar-refractivity contribution in [2.75, 3.05) is 25.1 Å². The molecule has 2 N–H and O–H groups in total. The van der Waals surface area contributed by atoms with E-state index in [1.54, 1.807) is 13.2 Å². The van der Waals surface area contributed by atoms with Crippen molar-refractivity contribution in [1.82, 2.24) is 0 Å². The zero-order valence-electron chi connectivity index (χ0n) is 11.0. The molecule has 1 heterocycles. The van der Waals surface area contributed by atoms with E-state index < -0.39 is 0 Å². The minimum absolute atomic E-state index is 0.132. The number of piperidine rings is 1. The molecule has 1 saturated heterocycles. The van der Waals surface area contributed by atoms with Crippen LogP contribution in [0.2, 0.25) is 0 Å². The van der Waals surface area contributed by atoms with Crippen molar-refractivity contribution in [3.05, 3.63) is 29.6 Å². The van der Waals surface area contributed by atoms with Gasteiger partial charge in [-0.2, -0.15) is 0 Å². The van der Waals surface area contributed by atoms with Gasteiger partial charge in [0.05, 0.1) is 11.8 Å². The molecule has 2 rings (SSSR count). The van der Waals surface area contributed by atoms with Gasteiger partial charge in [-0.15, -0.1) is 0 Å². The lowest BCUT2D eigenvalue weighted by Gasteiger charge is -2.33. The van der Waals surface area contributed by atoms with Gasteiger partial charge in [-0.25, -0.2) is 4.39 Å². The Morgan fingerprint density at radius 3 is 2.56 bits per heavy atom. The number of methoxy groups -OCH3 is 1. The smallest absolute Gasteiger partial charge is 0.146 e. The fourth-order valence-corrected chi connectivity index (χ4v) is 2.40. The molecule has 4 heteroatoms. The highest BCUT2D eigenvalue weighted by molar-refractivity contribution is 5.50. The first kappa shape index (κ1) is 13.3. The number of nitrogens with zero attached hydrogens (tertiary/aromatic N) is 1. The summed E-state index contributed by atoms with van der Waals surface area (Å²) in [5.41, 5.74) is 7.26. The lowest BCUT2D eigenvalue weighted by Crippen LogP contribution is -2.37. The predicted molar refractivity (Wildman–Crippen MR) is 71.2 cm³/mol. The summed E-state index contributed by atoms with van der Waals surface area (Å²) in [4.78, 5) is 2.08. The number of rotatable bonds is 3. The summed E-state index contributed by atoms with van der Waals surface area (Å²) in [6.07, 6.45) is 2.21. The van der Waals surface area contributed by atoms with Gasteiger partial charge in [-0.05, 0) is 37.5 Å². The first-order valence-electron chi connectivity index (χ1n) is 6.44. The van der Waals surface area contributed by atoms with E-state index in [0.29, 0.717) is 11.8 Å². The molecule has 1 aliphatic rings. The summed E-state index contributed by atoms with van der Waals surface area (Å²) in [6.45, 7) is 3.54. The summed E-state index contributed by atoms with van der Waals surface area (Å²) in [5, 5.41) is 0. The largest absolute Gasteiger partial charge is 0.381 e. The van der Waals surface area contributed by atoms with E-state index >= 15 is 0 Å². The monoisotopic (exact) mass is 252 g/mol. The summed E-state index contributed by atoms with van der Waals surface area (Å²) in [5.74, 6) is -0.180. The third-order valence-electron chi connectivity index (χ3n) is 3.61. The summed E-state index contributed by atoms with van der Waals surface area (Å²) in [7, 11) is 1.73. The van der Waals surface area contributed by atoms with Crippen molar-refractivity contribution in [3.8, 4) is 0 Å². The minimum Gasteiger partial charge on any atom is -0.381 e. The van der Waals surface area contributed by atoms with E-state index in [0.717, 1.165) is 31.5 Å². The molecule has 1 aromatic rings. The van der Waals surface area contributed by atoms with Crippen LogP contribution in [0.4, 0.5) is 10.1 Å². The van der Waals surface area contributed by atoms with Crippen LogP contribution in [-0.2, 0) is 4.74 Å². The molecule has 1 unspecified atom stereocenters. The van der Waals surface area contributed by atoms with Crippen molar-refractivity contribution in [2.24, 2.45) is 5.73 Å². The summed E-state index contributed by atoms with van der Waals surface area (Å²) in [6, 6.07) is 5.16. The first-order chi connectivity index (χ1) is 8.61. The topological polar surface area (TPSA) is 38.5 Å². The number of ether oxygens (including phenoxy) is 1. The average Bonchev–Trinajstić information content (AvgIpc) is 2.38. The van der Waals surface area contributed by atoms with E-state index in [1.807, 2.05) is 19.1 Å². The number of anilines is 1. The molecule has 1 atom stereocenters. The average molecular weight is 252 g/mol. The van der Waals surface area contributed by atoms with Crippen LogP contribution in [0, 0.1) is 5.82 Å². The Morgan fingerprint density at radius 2 is 2.06 bits per heavy atom. The molecule has 3 nitrogen and oxygen atoms in total. The first-order valence-corrected chi connectivity index (χ1v) is 6.44. The molecule has 0 bridgehead atoms. The van der Waals surface area contributed by atoms with Crippen LogP contribution >= 0.6 is 0 Å². The number of hydrogen-bond acceptors (Lipinski definition) is 3. The SMILES string of the molecule is COC1CCN(c2ccc(C(C)N)cc2F)CC1. The van der Waals surface area contributed by atoms with E-state index in [2.05, 4.69) is 4.90 Å². The molecule has 0 spiro atoms. The number of hydrogen-bond donors (Lipinski definition) is 1. The number of nitrogens with two attached hydrogens (primary N) is 1. The van der Waals surface area contributed by atoms with Gasteiger partial charge in [-0.3, -0.25) is 0 Å². The third-order valence-corrected chi connectivity index (χ3v) is 3.61. The highest BCUT2D eigenvalue weighted by Gasteiger charge is 2.21. The maximum absolute atomic E-state index is 14.0. The zero-order chi connectivity index (χ0) is 13.1. The maximum Gasteiger partial charge on any atom is 0.146 e. The minimum atomic E-state index is -0.180. The molecule has 0 amide bonds.